The molecule has 10 heteroatoms. The Balaban J connectivity index is 1.78. The van der Waals surface area contributed by atoms with Crippen molar-refractivity contribution in [1.82, 2.24) is 20.4 Å². The Kier molecular flexibility index (Phi) is 7.77. The van der Waals surface area contributed by atoms with Crippen molar-refractivity contribution < 1.29 is 18.4 Å². The number of hydrogen-bond donors (Lipinski definition) is 4. The lowest BCUT2D eigenvalue weighted by molar-refractivity contribution is 0.286. The van der Waals surface area contributed by atoms with Crippen molar-refractivity contribution in [2.45, 2.75) is 19.4 Å². The van der Waals surface area contributed by atoms with Crippen molar-refractivity contribution in [2.75, 3.05) is 18.5 Å². The van der Waals surface area contributed by atoms with Gasteiger partial charge in [-0.3, -0.25) is 5.41 Å². The van der Waals surface area contributed by atoms with Crippen LogP contribution in [-0.2, 0) is 6.54 Å². The molecule has 3 aromatic rings. The summed E-state index contributed by atoms with van der Waals surface area (Å²) in [5, 5.41) is 26.9. The molecule has 0 saturated carbocycles. The number of halogens is 2. The third-order valence-electron chi connectivity index (χ3n) is 4.29. The van der Waals surface area contributed by atoms with Crippen molar-refractivity contribution in [3.05, 3.63) is 77.6 Å². The number of unbranched alkanes of at least 4 members (excludes halogenated alkanes) is 1. The van der Waals surface area contributed by atoms with Gasteiger partial charge >= 0.3 is 0 Å². The molecule has 0 aliphatic heterocycles. The predicted octanol–water partition coefficient (Wildman–Crippen LogP) is 3.13. The fraction of sp³-hybridized carbons (Fsp3) is 0.238. The third-order valence-corrected chi connectivity index (χ3v) is 4.29. The van der Waals surface area contributed by atoms with E-state index in [0.717, 1.165) is 6.20 Å². The molecule has 0 amide bonds. The van der Waals surface area contributed by atoms with E-state index in [9.17, 15) is 8.78 Å². The number of aliphatic hydroxyl groups excluding tert-OH is 1. The van der Waals surface area contributed by atoms with Crippen molar-refractivity contribution >= 4 is 17.2 Å². The van der Waals surface area contributed by atoms with Crippen LogP contribution in [0.3, 0.4) is 0 Å². The average molecular weight is 428 g/mol. The molecule has 0 aliphatic carbocycles. The topological polar surface area (TPSA) is 120 Å². The van der Waals surface area contributed by atoms with Gasteiger partial charge in [-0.25, -0.2) is 18.7 Å². The maximum absolute atomic E-state index is 14.0. The van der Waals surface area contributed by atoms with Gasteiger partial charge in [-0.05, 0) is 25.0 Å². The van der Waals surface area contributed by atoms with E-state index in [2.05, 4.69) is 25.8 Å². The first-order valence-corrected chi connectivity index (χ1v) is 9.64. The molecule has 0 spiro atoms. The molecule has 8 nitrogen and oxygen atoms in total. The smallest absolute Gasteiger partial charge is 0.183 e. The average Bonchev–Trinajstić information content (AvgIpc) is 3.31. The van der Waals surface area contributed by atoms with Crippen molar-refractivity contribution in [2.24, 2.45) is 0 Å². The Morgan fingerprint density at radius 1 is 1.16 bits per heavy atom. The minimum Gasteiger partial charge on any atom is -0.396 e. The van der Waals surface area contributed by atoms with Gasteiger partial charge in [-0.2, -0.15) is 0 Å². The Morgan fingerprint density at radius 3 is 2.74 bits per heavy atom. The van der Waals surface area contributed by atoms with E-state index in [4.69, 9.17) is 15.0 Å². The van der Waals surface area contributed by atoms with E-state index in [1.165, 1.54) is 18.4 Å². The summed E-state index contributed by atoms with van der Waals surface area (Å²) in [6.45, 7) is 0.630. The quantitative estimate of drug-likeness (QED) is 0.274. The van der Waals surface area contributed by atoms with Gasteiger partial charge in [0.1, 0.15) is 23.5 Å². The first-order valence-electron chi connectivity index (χ1n) is 9.64. The van der Waals surface area contributed by atoms with E-state index in [0.29, 0.717) is 36.3 Å². The maximum atomic E-state index is 14.0. The fourth-order valence-corrected chi connectivity index (χ4v) is 2.67. The summed E-state index contributed by atoms with van der Waals surface area (Å²) in [6.07, 6.45) is 5.01. The summed E-state index contributed by atoms with van der Waals surface area (Å²) in [6, 6.07) is 7.92. The molecule has 1 aromatic carbocycles. The second kappa shape index (κ2) is 10.9. The second-order valence-electron chi connectivity index (χ2n) is 6.55. The molecule has 2 heterocycles. The van der Waals surface area contributed by atoms with Gasteiger partial charge in [0.2, 0.25) is 0 Å². The Bertz CT molecular complexity index is 1040. The lowest BCUT2D eigenvalue weighted by Gasteiger charge is -2.11. The number of anilines is 1. The zero-order chi connectivity index (χ0) is 22.1. The van der Waals surface area contributed by atoms with E-state index >= 15 is 0 Å². The van der Waals surface area contributed by atoms with Crippen LogP contribution >= 0.6 is 0 Å². The van der Waals surface area contributed by atoms with Crippen LogP contribution < -0.4 is 10.6 Å². The first-order chi connectivity index (χ1) is 15.1. The molecule has 0 bridgehead atoms. The van der Waals surface area contributed by atoms with Crippen LogP contribution in [0.15, 0.2) is 53.4 Å². The van der Waals surface area contributed by atoms with E-state index in [1.54, 1.807) is 24.3 Å². The van der Waals surface area contributed by atoms with Crippen LogP contribution in [0.2, 0.25) is 0 Å². The number of aliphatic hydroxyl groups is 1. The molecule has 0 radical (unpaired) electrons. The molecular weight excluding hydrogens is 406 g/mol. The zero-order valence-corrected chi connectivity index (χ0v) is 16.6. The second-order valence-corrected chi connectivity index (χ2v) is 6.55. The number of aromatic nitrogens is 3. The van der Waals surface area contributed by atoms with Crippen molar-refractivity contribution in [3.63, 3.8) is 0 Å². The van der Waals surface area contributed by atoms with Crippen LogP contribution in [-0.4, -0.2) is 39.1 Å². The molecule has 0 saturated heterocycles. The number of nitrogens with zero attached hydrogens (tertiary/aromatic N) is 3. The number of nitrogens with one attached hydrogen (secondary N) is 3. The van der Waals surface area contributed by atoms with E-state index in [1.807, 2.05) is 0 Å². The molecule has 162 valence electrons. The zero-order valence-electron chi connectivity index (χ0n) is 16.6. The van der Waals surface area contributed by atoms with E-state index in [-0.39, 0.29) is 36.3 Å². The maximum Gasteiger partial charge on any atom is 0.183 e. The highest BCUT2D eigenvalue weighted by Gasteiger charge is 2.13. The van der Waals surface area contributed by atoms with Crippen LogP contribution in [0.5, 0.6) is 0 Å². The van der Waals surface area contributed by atoms with Crippen molar-refractivity contribution in [1.29, 1.82) is 5.41 Å². The third kappa shape index (κ3) is 6.16. The number of hydrogen-bond acceptors (Lipinski definition) is 8. The summed E-state index contributed by atoms with van der Waals surface area (Å²) < 4.78 is 32.8. The molecule has 0 unspecified atom stereocenters. The minimum atomic E-state index is -0.640. The summed E-state index contributed by atoms with van der Waals surface area (Å²) in [7, 11) is 0. The number of rotatable bonds is 11. The van der Waals surface area contributed by atoms with Crippen molar-refractivity contribution in [3.8, 4) is 0 Å². The summed E-state index contributed by atoms with van der Waals surface area (Å²) in [5.41, 5.74) is 1.14. The molecule has 0 fully saturated rings. The minimum absolute atomic E-state index is 0.000236. The molecule has 0 atom stereocenters. The van der Waals surface area contributed by atoms with Crippen LogP contribution in [0.1, 0.15) is 29.9 Å². The predicted molar refractivity (Wildman–Crippen MR) is 111 cm³/mol. The summed E-state index contributed by atoms with van der Waals surface area (Å²) in [5.74, 6) is -1.02. The molecule has 0 aliphatic rings. The molecule has 4 N–H and O–H groups in total. The standard InChI is InChI=1S/C21H22F2N6O2/c22-15-6-2-1-5-14(15)12-26-19(18-7-10-31-29-18)11-17(24)21-27-13-16(23)20(28-21)25-8-3-4-9-30/h1-2,5-7,10-11,13,24,26,30H,3-4,8-9,12H2,(H,25,27,28)/b19-11-,24-17?. The lowest BCUT2D eigenvalue weighted by Crippen LogP contribution is -2.16. The van der Waals surface area contributed by atoms with Gasteiger partial charge in [-0.1, -0.05) is 23.4 Å². The van der Waals surface area contributed by atoms with Crippen LogP contribution in [0, 0.1) is 17.0 Å². The van der Waals surface area contributed by atoms with Gasteiger partial charge in [0.15, 0.2) is 17.5 Å². The molecule has 31 heavy (non-hydrogen) atoms. The highest BCUT2D eigenvalue weighted by atomic mass is 19.1. The first kappa shape index (κ1) is 22.0. The lowest BCUT2D eigenvalue weighted by atomic mass is 10.2. The fourth-order valence-electron chi connectivity index (χ4n) is 2.67. The SMILES string of the molecule is N=C(/C=C(\NCc1ccccc1F)c1ccon1)c1ncc(F)c(NCCCCO)n1. The molecular formula is C21H22F2N6O2. The Hall–Kier alpha value is -3.66. The number of benzene rings is 1. The van der Waals surface area contributed by atoms with Gasteiger partial charge in [-0.15, -0.1) is 0 Å². The van der Waals surface area contributed by atoms with Gasteiger partial charge in [0.25, 0.3) is 0 Å². The van der Waals surface area contributed by atoms with Gasteiger partial charge in [0.05, 0.1) is 11.9 Å². The highest BCUT2D eigenvalue weighted by molar-refractivity contribution is 6.07. The highest BCUT2D eigenvalue weighted by Crippen LogP contribution is 2.15. The molecule has 3 rings (SSSR count). The molecule has 2 aromatic heterocycles. The van der Waals surface area contributed by atoms with E-state index < -0.39 is 5.82 Å². The van der Waals surface area contributed by atoms with Gasteiger partial charge < -0.3 is 20.3 Å². The number of allylic oxidation sites excluding steroid dienone is 1. The van der Waals surface area contributed by atoms with Crippen LogP contribution in [0.25, 0.3) is 5.70 Å². The normalized spacial score (nSPS) is 11.4. The summed E-state index contributed by atoms with van der Waals surface area (Å²) in [4.78, 5) is 7.96. The monoisotopic (exact) mass is 428 g/mol. The largest absolute Gasteiger partial charge is 0.396 e. The Morgan fingerprint density at radius 2 is 2.00 bits per heavy atom. The van der Waals surface area contributed by atoms with Gasteiger partial charge in [0, 0.05) is 31.3 Å². The Labute approximate surface area is 177 Å². The van der Waals surface area contributed by atoms with Crippen LogP contribution in [0.4, 0.5) is 14.6 Å². The summed E-state index contributed by atoms with van der Waals surface area (Å²) >= 11 is 0.